The number of imidazole rings is 1. The van der Waals surface area contributed by atoms with Gasteiger partial charge in [0.25, 0.3) is 0 Å². The van der Waals surface area contributed by atoms with Crippen LogP contribution in [0.5, 0.6) is 0 Å². The van der Waals surface area contributed by atoms with Gasteiger partial charge < -0.3 is 5.11 Å². The summed E-state index contributed by atoms with van der Waals surface area (Å²) in [6.07, 6.45) is 1.59. The predicted molar refractivity (Wildman–Crippen MR) is 62.8 cm³/mol. The van der Waals surface area contributed by atoms with Gasteiger partial charge >= 0.3 is 5.97 Å². The molecular weight excluding hydrogens is 242 g/mol. The summed E-state index contributed by atoms with van der Waals surface area (Å²) in [5, 5.41) is 9.09. The van der Waals surface area contributed by atoms with Gasteiger partial charge in [0, 0.05) is 5.69 Å². The second-order valence-corrected chi connectivity index (χ2v) is 4.01. The van der Waals surface area contributed by atoms with E-state index in [-0.39, 0.29) is 10.7 Å². The Labute approximate surface area is 103 Å². The van der Waals surface area contributed by atoms with Crippen LogP contribution in [0.2, 0.25) is 5.15 Å². The fourth-order valence-electron chi connectivity index (χ4n) is 1.46. The van der Waals surface area contributed by atoms with Crippen LogP contribution in [-0.2, 0) is 0 Å². The molecular formula is C11H10ClN3O2. The van der Waals surface area contributed by atoms with Crippen molar-refractivity contribution in [3.05, 3.63) is 40.6 Å². The van der Waals surface area contributed by atoms with Crippen molar-refractivity contribution in [3.63, 3.8) is 0 Å². The fraction of sp³-hybridized carbons (Fsp3) is 0.182. The molecule has 0 unspecified atom stereocenters. The van der Waals surface area contributed by atoms with Crippen LogP contribution in [-0.4, -0.2) is 25.6 Å². The maximum atomic E-state index is 10.9. The van der Waals surface area contributed by atoms with Crippen molar-refractivity contribution in [2.45, 2.75) is 13.8 Å². The lowest BCUT2D eigenvalue weighted by atomic mass is 10.2. The maximum absolute atomic E-state index is 10.9. The second kappa shape index (κ2) is 4.18. The van der Waals surface area contributed by atoms with E-state index < -0.39 is 5.97 Å². The molecule has 0 radical (unpaired) electrons. The van der Waals surface area contributed by atoms with Crippen molar-refractivity contribution >= 4 is 17.6 Å². The van der Waals surface area contributed by atoms with Crippen LogP contribution in [0.1, 0.15) is 21.7 Å². The number of hydrogen-bond donors (Lipinski definition) is 1. The molecule has 6 heteroatoms. The third-order valence-corrected chi connectivity index (χ3v) is 2.72. The van der Waals surface area contributed by atoms with Crippen LogP contribution >= 0.6 is 11.6 Å². The van der Waals surface area contributed by atoms with Gasteiger partial charge in [0.1, 0.15) is 17.3 Å². The molecule has 88 valence electrons. The Bertz CT molecular complexity index is 592. The molecule has 1 N–H and O–H groups in total. The number of aromatic carboxylic acids is 1. The summed E-state index contributed by atoms with van der Waals surface area (Å²) in [5.74, 6) is -0.585. The smallest absolute Gasteiger partial charge is 0.335 e. The monoisotopic (exact) mass is 251 g/mol. The van der Waals surface area contributed by atoms with Crippen LogP contribution in [0.3, 0.4) is 0 Å². The van der Waals surface area contributed by atoms with E-state index in [1.54, 1.807) is 10.9 Å². The molecule has 2 aromatic rings. The van der Waals surface area contributed by atoms with Crippen molar-refractivity contribution < 1.29 is 9.90 Å². The van der Waals surface area contributed by atoms with Crippen molar-refractivity contribution in [3.8, 4) is 5.82 Å². The van der Waals surface area contributed by atoms with Crippen molar-refractivity contribution in [1.29, 1.82) is 0 Å². The summed E-state index contributed by atoms with van der Waals surface area (Å²) in [6.45, 7) is 3.75. The molecule has 0 aliphatic carbocycles. The van der Waals surface area contributed by atoms with Gasteiger partial charge in [0.2, 0.25) is 0 Å². The van der Waals surface area contributed by atoms with Crippen LogP contribution in [0.4, 0.5) is 0 Å². The van der Waals surface area contributed by atoms with Gasteiger partial charge in [-0.25, -0.2) is 14.8 Å². The van der Waals surface area contributed by atoms with E-state index in [0.29, 0.717) is 5.82 Å². The number of nitrogens with zero attached hydrogens (tertiary/aromatic N) is 3. The molecule has 17 heavy (non-hydrogen) atoms. The third-order valence-electron chi connectivity index (χ3n) is 2.53. The summed E-state index contributed by atoms with van der Waals surface area (Å²) in [4.78, 5) is 19.1. The summed E-state index contributed by atoms with van der Waals surface area (Å²) in [7, 11) is 0. The summed E-state index contributed by atoms with van der Waals surface area (Å²) < 4.78 is 1.70. The second-order valence-electron chi connectivity index (χ2n) is 3.63. The van der Waals surface area contributed by atoms with Gasteiger partial charge in [0.05, 0.1) is 11.3 Å². The normalized spacial score (nSPS) is 10.5. The minimum Gasteiger partial charge on any atom is -0.478 e. The van der Waals surface area contributed by atoms with E-state index in [1.807, 2.05) is 13.8 Å². The minimum absolute atomic E-state index is 0.103. The molecule has 0 saturated heterocycles. The largest absolute Gasteiger partial charge is 0.478 e. The first-order valence-electron chi connectivity index (χ1n) is 4.91. The number of rotatable bonds is 2. The Balaban J connectivity index is 2.60. The average molecular weight is 252 g/mol. The fourth-order valence-corrected chi connectivity index (χ4v) is 1.66. The molecule has 2 aromatic heterocycles. The van der Waals surface area contributed by atoms with Gasteiger partial charge in [0.15, 0.2) is 0 Å². The van der Waals surface area contributed by atoms with Gasteiger partial charge in [-0.05, 0) is 26.0 Å². The molecule has 0 saturated carbocycles. The lowest BCUT2D eigenvalue weighted by Crippen LogP contribution is -2.03. The van der Waals surface area contributed by atoms with Gasteiger partial charge in [-0.15, -0.1) is 0 Å². The highest BCUT2D eigenvalue weighted by atomic mass is 35.5. The van der Waals surface area contributed by atoms with Crippen LogP contribution in [0, 0.1) is 13.8 Å². The number of hydrogen-bond acceptors (Lipinski definition) is 3. The Morgan fingerprint density at radius 3 is 2.65 bits per heavy atom. The molecule has 0 aromatic carbocycles. The average Bonchev–Trinajstić information content (AvgIpc) is 2.59. The van der Waals surface area contributed by atoms with E-state index in [4.69, 9.17) is 16.7 Å². The van der Waals surface area contributed by atoms with Gasteiger partial charge in [-0.1, -0.05) is 11.6 Å². The first-order valence-corrected chi connectivity index (χ1v) is 5.28. The number of carboxylic acids is 1. The topological polar surface area (TPSA) is 68.0 Å². The van der Waals surface area contributed by atoms with Crippen LogP contribution in [0.25, 0.3) is 5.82 Å². The number of carbonyl (C=O) groups is 1. The number of aromatic nitrogens is 3. The molecule has 0 aliphatic rings. The zero-order valence-electron chi connectivity index (χ0n) is 9.31. The standard InChI is InChI=1S/C11H10ClN3O2/c1-6-7(2)15(5-13-6)10-4-8(11(16)17)3-9(12)14-10/h3-5H,1-2H3,(H,16,17). The van der Waals surface area contributed by atoms with Gasteiger partial charge in [-0.2, -0.15) is 0 Å². The minimum atomic E-state index is -1.04. The molecule has 0 atom stereocenters. The number of aryl methyl sites for hydroxylation is 1. The molecule has 5 nitrogen and oxygen atoms in total. The lowest BCUT2D eigenvalue weighted by Gasteiger charge is -2.06. The number of carboxylic acid groups (broad SMARTS) is 1. The Morgan fingerprint density at radius 1 is 1.41 bits per heavy atom. The quantitative estimate of drug-likeness (QED) is 0.831. The highest BCUT2D eigenvalue weighted by molar-refractivity contribution is 6.29. The van der Waals surface area contributed by atoms with Crippen LogP contribution in [0.15, 0.2) is 18.5 Å². The molecule has 0 aliphatic heterocycles. The molecule has 2 rings (SSSR count). The third kappa shape index (κ3) is 2.14. The first kappa shape index (κ1) is 11.6. The van der Waals surface area contributed by atoms with E-state index in [0.717, 1.165) is 11.4 Å². The zero-order chi connectivity index (χ0) is 12.6. The van der Waals surface area contributed by atoms with E-state index in [9.17, 15) is 4.79 Å². The summed E-state index contributed by atoms with van der Waals surface area (Å²) in [5.41, 5.74) is 1.87. The molecule has 0 bridgehead atoms. The van der Waals surface area contributed by atoms with Gasteiger partial charge in [-0.3, -0.25) is 4.57 Å². The molecule has 0 spiro atoms. The predicted octanol–water partition coefficient (Wildman–Crippen LogP) is 2.24. The highest BCUT2D eigenvalue weighted by Gasteiger charge is 2.11. The van der Waals surface area contributed by atoms with Crippen molar-refractivity contribution in [1.82, 2.24) is 14.5 Å². The van der Waals surface area contributed by atoms with Crippen LogP contribution < -0.4 is 0 Å². The maximum Gasteiger partial charge on any atom is 0.335 e. The van der Waals surface area contributed by atoms with Crippen molar-refractivity contribution in [2.24, 2.45) is 0 Å². The Hall–Kier alpha value is -1.88. The van der Waals surface area contributed by atoms with Crippen molar-refractivity contribution in [2.75, 3.05) is 0 Å². The van der Waals surface area contributed by atoms with E-state index in [1.165, 1.54) is 12.1 Å². The number of halogens is 1. The summed E-state index contributed by atoms with van der Waals surface area (Å²) >= 11 is 5.79. The summed E-state index contributed by atoms with van der Waals surface area (Å²) in [6, 6.07) is 2.77. The Kier molecular flexibility index (Phi) is 2.85. The molecule has 0 amide bonds. The SMILES string of the molecule is Cc1ncn(-c2cc(C(=O)O)cc(Cl)n2)c1C. The zero-order valence-corrected chi connectivity index (χ0v) is 10.1. The number of pyridine rings is 1. The van der Waals surface area contributed by atoms with E-state index in [2.05, 4.69) is 9.97 Å². The van der Waals surface area contributed by atoms with E-state index >= 15 is 0 Å². The highest BCUT2D eigenvalue weighted by Crippen LogP contribution is 2.17. The first-order chi connectivity index (χ1) is 7.99. The molecule has 2 heterocycles. The Morgan fingerprint density at radius 2 is 2.12 bits per heavy atom. The lowest BCUT2D eigenvalue weighted by molar-refractivity contribution is 0.0696. The molecule has 0 fully saturated rings.